The molecule has 1 aliphatic heterocycles. The van der Waals surface area contributed by atoms with Gasteiger partial charge in [-0.1, -0.05) is 6.58 Å². The van der Waals surface area contributed by atoms with Crippen LogP contribution in [0.2, 0.25) is 0 Å². The Morgan fingerprint density at radius 1 is 1.40 bits per heavy atom. The van der Waals surface area contributed by atoms with Crippen LogP contribution in [-0.4, -0.2) is 62.0 Å². The fourth-order valence-electron chi connectivity index (χ4n) is 1.66. The molecule has 15 heavy (non-hydrogen) atoms. The van der Waals surface area contributed by atoms with Gasteiger partial charge in [0, 0.05) is 32.7 Å². The van der Waals surface area contributed by atoms with Crippen LogP contribution in [0.1, 0.15) is 6.42 Å². The zero-order chi connectivity index (χ0) is 11.1. The van der Waals surface area contributed by atoms with Crippen LogP contribution in [0.5, 0.6) is 0 Å². The molecule has 0 unspecified atom stereocenters. The monoisotopic (exact) mass is 211 g/mol. The lowest BCUT2D eigenvalue weighted by Crippen LogP contribution is -2.45. The smallest absolute Gasteiger partial charge is 0.243 e. The molecular weight excluding hydrogens is 190 g/mol. The number of piperazine rings is 1. The van der Waals surface area contributed by atoms with Gasteiger partial charge in [-0.25, -0.2) is 0 Å². The summed E-state index contributed by atoms with van der Waals surface area (Å²) in [5, 5.41) is 2.79. The minimum Gasteiger partial charge on any atom is -0.353 e. The zero-order valence-electron chi connectivity index (χ0n) is 9.54. The number of rotatable bonds is 5. The number of hydrogen-bond donors (Lipinski definition) is 1. The van der Waals surface area contributed by atoms with Crippen molar-refractivity contribution < 1.29 is 4.79 Å². The molecule has 4 heteroatoms. The quantitative estimate of drug-likeness (QED) is 0.510. The van der Waals surface area contributed by atoms with E-state index >= 15 is 0 Å². The predicted molar refractivity (Wildman–Crippen MR) is 61.8 cm³/mol. The molecular formula is C11H21N3O. The van der Waals surface area contributed by atoms with Crippen molar-refractivity contribution in [3.8, 4) is 0 Å². The van der Waals surface area contributed by atoms with E-state index in [0.717, 1.165) is 45.7 Å². The molecule has 1 saturated heterocycles. The Balaban J connectivity index is 2.00. The number of nitrogens with one attached hydrogen (secondary N) is 1. The maximum atomic E-state index is 10.9. The fourth-order valence-corrected chi connectivity index (χ4v) is 1.66. The third-order valence-corrected chi connectivity index (χ3v) is 2.73. The van der Waals surface area contributed by atoms with Crippen molar-refractivity contribution in [2.45, 2.75) is 6.42 Å². The molecule has 1 amide bonds. The van der Waals surface area contributed by atoms with Crippen LogP contribution < -0.4 is 5.32 Å². The van der Waals surface area contributed by atoms with Crippen LogP contribution in [0, 0.1) is 0 Å². The zero-order valence-corrected chi connectivity index (χ0v) is 9.54. The van der Waals surface area contributed by atoms with Gasteiger partial charge in [0.25, 0.3) is 0 Å². The Kier molecular flexibility index (Phi) is 5.36. The van der Waals surface area contributed by atoms with E-state index in [-0.39, 0.29) is 5.91 Å². The van der Waals surface area contributed by atoms with Crippen LogP contribution in [0.4, 0.5) is 0 Å². The molecule has 0 aliphatic carbocycles. The van der Waals surface area contributed by atoms with Gasteiger partial charge < -0.3 is 15.1 Å². The second-order valence-corrected chi connectivity index (χ2v) is 3.99. The first-order valence-corrected chi connectivity index (χ1v) is 5.53. The summed E-state index contributed by atoms with van der Waals surface area (Å²) in [4.78, 5) is 15.6. The summed E-state index contributed by atoms with van der Waals surface area (Å²) in [6.07, 6.45) is 2.33. The van der Waals surface area contributed by atoms with Gasteiger partial charge in [-0.05, 0) is 26.1 Å². The maximum absolute atomic E-state index is 10.9. The van der Waals surface area contributed by atoms with E-state index < -0.39 is 0 Å². The minimum absolute atomic E-state index is 0.0756. The molecule has 0 aromatic rings. The molecule has 0 atom stereocenters. The van der Waals surface area contributed by atoms with Crippen LogP contribution in [0.15, 0.2) is 12.7 Å². The van der Waals surface area contributed by atoms with Crippen molar-refractivity contribution in [1.82, 2.24) is 15.1 Å². The molecule has 4 nitrogen and oxygen atoms in total. The lowest BCUT2D eigenvalue weighted by atomic mass is 10.3. The van der Waals surface area contributed by atoms with Crippen LogP contribution in [0.3, 0.4) is 0 Å². The lowest BCUT2D eigenvalue weighted by molar-refractivity contribution is -0.116. The van der Waals surface area contributed by atoms with E-state index in [9.17, 15) is 4.79 Å². The van der Waals surface area contributed by atoms with Gasteiger partial charge >= 0.3 is 0 Å². The van der Waals surface area contributed by atoms with E-state index in [1.54, 1.807) is 0 Å². The Hall–Kier alpha value is -0.870. The Labute approximate surface area is 91.9 Å². The highest BCUT2D eigenvalue weighted by molar-refractivity contribution is 5.86. The van der Waals surface area contributed by atoms with Gasteiger partial charge in [-0.15, -0.1) is 0 Å². The van der Waals surface area contributed by atoms with Gasteiger partial charge in [0.2, 0.25) is 5.91 Å². The van der Waals surface area contributed by atoms with E-state index in [0.29, 0.717) is 0 Å². The van der Waals surface area contributed by atoms with Gasteiger partial charge in [0.1, 0.15) is 0 Å². The summed E-state index contributed by atoms with van der Waals surface area (Å²) in [7, 11) is 2.15. The molecule has 0 spiro atoms. The number of hydrogen-bond acceptors (Lipinski definition) is 3. The standard InChI is InChI=1S/C11H21N3O/c1-3-11(15)12-5-4-6-14-9-7-13(2)8-10-14/h3H,1,4-10H2,2H3,(H,12,15). The van der Waals surface area contributed by atoms with Gasteiger partial charge in [0.05, 0.1) is 0 Å². The van der Waals surface area contributed by atoms with Crippen LogP contribution in [0.25, 0.3) is 0 Å². The third kappa shape index (κ3) is 4.95. The van der Waals surface area contributed by atoms with Crippen molar-refractivity contribution in [3.63, 3.8) is 0 Å². The minimum atomic E-state index is -0.0756. The third-order valence-electron chi connectivity index (χ3n) is 2.73. The highest BCUT2D eigenvalue weighted by Crippen LogP contribution is 1.99. The molecule has 86 valence electrons. The Morgan fingerprint density at radius 2 is 2.07 bits per heavy atom. The summed E-state index contributed by atoms with van der Waals surface area (Å²) in [5.41, 5.74) is 0. The first-order chi connectivity index (χ1) is 7.22. The molecule has 1 fully saturated rings. The maximum Gasteiger partial charge on any atom is 0.243 e. The molecule has 1 rings (SSSR count). The van der Waals surface area contributed by atoms with E-state index in [1.807, 2.05) is 0 Å². The highest BCUT2D eigenvalue weighted by Gasteiger charge is 2.12. The van der Waals surface area contributed by atoms with Gasteiger partial charge in [-0.3, -0.25) is 4.79 Å². The van der Waals surface area contributed by atoms with E-state index in [4.69, 9.17) is 0 Å². The van der Waals surface area contributed by atoms with Crippen molar-refractivity contribution in [2.75, 3.05) is 46.3 Å². The SMILES string of the molecule is C=CC(=O)NCCCN1CCN(C)CC1. The molecule has 0 saturated carbocycles. The largest absolute Gasteiger partial charge is 0.353 e. The summed E-state index contributed by atoms with van der Waals surface area (Å²) in [6, 6.07) is 0. The van der Waals surface area contributed by atoms with Crippen molar-refractivity contribution >= 4 is 5.91 Å². The Bertz CT molecular complexity index is 210. The molecule has 0 aromatic heterocycles. The van der Waals surface area contributed by atoms with Crippen LogP contribution >= 0.6 is 0 Å². The molecule has 1 aliphatic rings. The highest BCUT2D eigenvalue weighted by atomic mass is 16.1. The summed E-state index contributed by atoms with van der Waals surface area (Å²) in [6.45, 7) is 9.82. The molecule has 0 bridgehead atoms. The second kappa shape index (κ2) is 6.58. The number of nitrogens with zero attached hydrogens (tertiary/aromatic N) is 2. The second-order valence-electron chi connectivity index (χ2n) is 3.99. The van der Waals surface area contributed by atoms with Crippen LogP contribution in [-0.2, 0) is 4.79 Å². The number of likely N-dealkylation sites (N-methyl/N-ethyl adjacent to an activating group) is 1. The Morgan fingerprint density at radius 3 is 2.67 bits per heavy atom. The van der Waals surface area contributed by atoms with E-state index in [2.05, 4.69) is 28.7 Å². The average molecular weight is 211 g/mol. The first-order valence-electron chi connectivity index (χ1n) is 5.53. The fraction of sp³-hybridized carbons (Fsp3) is 0.727. The normalized spacial score (nSPS) is 18.7. The number of carbonyl (C=O) groups is 1. The van der Waals surface area contributed by atoms with E-state index in [1.165, 1.54) is 6.08 Å². The molecule has 0 radical (unpaired) electrons. The van der Waals surface area contributed by atoms with Crippen molar-refractivity contribution in [3.05, 3.63) is 12.7 Å². The average Bonchev–Trinajstić information content (AvgIpc) is 2.26. The topological polar surface area (TPSA) is 35.6 Å². The summed E-state index contributed by atoms with van der Waals surface area (Å²) in [5.74, 6) is -0.0756. The molecule has 1 heterocycles. The molecule has 1 N–H and O–H groups in total. The van der Waals surface area contributed by atoms with Crippen molar-refractivity contribution in [2.24, 2.45) is 0 Å². The lowest BCUT2D eigenvalue weighted by Gasteiger charge is -2.32. The summed E-state index contributed by atoms with van der Waals surface area (Å²) >= 11 is 0. The summed E-state index contributed by atoms with van der Waals surface area (Å²) < 4.78 is 0. The number of carbonyl (C=O) groups excluding carboxylic acids is 1. The van der Waals surface area contributed by atoms with Crippen molar-refractivity contribution in [1.29, 1.82) is 0 Å². The molecule has 0 aromatic carbocycles. The van der Waals surface area contributed by atoms with Gasteiger partial charge in [-0.2, -0.15) is 0 Å². The van der Waals surface area contributed by atoms with Gasteiger partial charge in [0.15, 0.2) is 0 Å². The first kappa shape index (κ1) is 12.2. The number of amides is 1. The predicted octanol–water partition coefficient (Wildman–Crippen LogP) is -0.0739.